The summed E-state index contributed by atoms with van der Waals surface area (Å²) in [5.41, 5.74) is 3.33. The number of hydrogen-bond acceptors (Lipinski definition) is 4. The first-order valence-electron chi connectivity index (χ1n) is 26.5. The highest BCUT2D eigenvalue weighted by Gasteiger charge is 2.50. The van der Waals surface area contributed by atoms with Crippen LogP contribution in [0.3, 0.4) is 0 Å². The van der Waals surface area contributed by atoms with Gasteiger partial charge in [-0.25, -0.2) is 0 Å². The highest BCUT2D eigenvalue weighted by atomic mass is 79.9. The lowest BCUT2D eigenvalue weighted by atomic mass is 10.0. The standard InChI is InChI=1S/C54H88Br2S4Si/c1-5-9-13-17-21-23-25-27-29-31-35-39-43-45-47(59-53(43)55)51-49(57-45)50-52(61(51,41-37-33-19-15-11-7-3)42-38-34-20-16-12-8-4)48-46(58-50)44(54(56)60-48)40-36-32-30-28-26-24-22-18-14-10-6-2/h5-42H2,1-4H3. The Morgan fingerprint density at radius 2 is 0.574 bits per heavy atom. The molecule has 0 unspecified atom stereocenters. The van der Waals surface area contributed by atoms with Crippen molar-refractivity contribution >= 4 is 114 Å². The van der Waals surface area contributed by atoms with E-state index in [-0.39, 0.29) is 0 Å². The van der Waals surface area contributed by atoms with Crippen molar-refractivity contribution in [2.75, 3.05) is 0 Å². The Kier molecular flexibility index (Phi) is 25.8. The molecular formula is C54H88Br2S4Si. The second-order valence-electron chi connectivity index (χ2n) is 19.3. The SMILES string of the molecule is CCCCCCCCCCCCCc1c(Br)sc2c3c(sc12)-c1sc2c(CCCCCCCCCCCCC)c(Br)sc2c1[Si]3(CCCCCCCC)CCCCCCCC. The summed E-state index contributed by atoms with van der Waals surface area (Å²) in [6.07, 6.45) is 50.6. The minimum atomic E-state index is -1.99. The largest absolute Gasteiger partial charge is 0.133 e. The molecule has 0 fully saturated rings. The van der Waals surface area contributed by atoms with Gasteiger partial charge in [0.05, 0.1) is 7.57 Å². The van der Waals surface area contributed by atoms with Gasteiger partial charge >= 0.3 is 0 Å². The van der Waals surface area contributed by atoms with Crippen LogP contribution in [0.5, 0.6) is 0 Å². The van der Waals surface area contributed by atoms with E-state index in [0.717, 1.165) is 0 Å². The molecule has 61 heavy (non-hydrogen) atoms. The minimum Gasteiger partial charge on any atom is -0.133 e. The molecule has 1 aliphatic heterocycles. The molecule has 346 valence electrons. The third-order valence-corrected chi connectivity index (χ3v) is 27.3. The van der Waals surface area contributed by atoms with Gasteiger partial charge in [-0.05, 0) is 91.1 Å². The van der Waals surface area contributed by atoms with E-state index in [1.54, 1.807) is 39.7 Å². The fourth-order valence-corrected chi connectivity index (χ4v) is 26.5. The molecule has 5 heterocycles. The topological polar surface area (TPSA) is 0 Å². The van der Waals surface area contributed by atoms with Crippen molar-refractivity contribution in [2.45, 2.75) is 271 Å². The van der Waals surface area contributed by atoms with Gasteiger partial charge < -0.3 is 0 Å². The van der Waals surface area contributed by atoms with Gasteiger partial charge in [0.25, 0.3) is 0 Å². The average molecular weight is 1050 g/mol. The zero-order valence-electron chi connectivity index (χ0n) is 39.8. The molecule has 0 nitrogen and oxygen atoms in total. The van der Waals surface area contributed by atoms with Gasteiger partial charge in [-0.15, -0.1) is 45.3 Å². The molecule has 0 bridgehead atoms. The molecule has 0 aliphatic carbocycles. The van der Waals surface area contributed by atoms with Gasteiger partial charge in [0.15, 0.2) is 0 Å². The van der Waals surface area contributed by atoms with E-state index >= 15 is 0 Å². The van der Waals surface area contributed by atoms with Crippen LogP contribution in [0, 0.1) is 0 Å². The fraction of sp³-hybridized carbons (Fsp3) is 0.778. The predicted octanol–water partition coefficient (Wildman–Crippen LogP) is 21.7. The van der Waals surface area contributed by atoms with Crippen LogP contribution in [-0.4, -0.2) is 8.07 Å². The van der Waals surface area contributed by atoms with Gasteiger partial charge in [0.1, 0.15) is 8.07 Å². The Morgan fingerprint density at radius 3 is 0.869 bits per heavy atom. The summed E-state index contributed by atoms with van der Waals surface area (Å²) in [6.45, 7) is 9.38. The van der Waals surface area contributed by atoms with E-state index in [1.807, 2.05) is 10.4 Å². The summed E-state index contributed by atoms with van der Waals surface area (Å²) in [7, 11) is -1.99. The second kappa shape index (κ2) is 30.0. The van der Waals surface area contributed by atoms with Gasteiger partial charge in [-0.1, -0.05) is 233 Å². The van der Waals surface area contributed by atoms with Crippen LogP contribution < -0.4 is 10.4 Å². The zero-order valence-corrected chi connectivity index (χ0v) is 47.2. The first-order valence-corrected chi connectivity index (χ1v) is 33.8. The fourth-order valence-electron chi connectivity index (χ4n) is 10.6. The highest BCUT2D eigenvalue weighted by molar-refractivity contribution is 9.11. The zero-order chi connectivity index (χ0) is 43.1. The second-order valence-corrected chi connectivity index (χ2v) is 30.2. The summed E-state index contributed by atoms with van der Waals surface area (Å²) < 4.78 is 9.73. The number of aryl methyl sites for hydroxylation is 2. The van der Waals surface area contributed by atoms with Crippen molar-refractivity contribution < 1.29 is 0 Å². The molecule has 0 radical (unpaired) electrons. The maximum Gasteiger partial charge on any atom is 0.125 e. The number of halogens is 2. The summed E-state index contributed by atoms with van der Waals surface area (Å²) in [4.78, 5) is 3.50. The van der Waals surface area contributed by atoms with Gasteiger partial charge in [-0.2, -0.15) is 0 Å². The van der Waals surface area contributed by atoms with Crippen LogP contribution in [0.2, 0.25) is 12.1 Å². The Morgan fingerprint density at radius 1 is 0.311 bits per heavy atom. The van der Waals surface area contributed by atoms with E-state index < -0.39 is 8.07 Å². The molecule has 0 spiro atoms. The van der Waals surface area contributed by atoms with Crippen LogP contribution in [0.4, 0.5) is 0 Å². The van der Waals surface area contributed by atoms with E-state index in [1.165, 1.54) is 251 Å². The lowest BCUT2D eigenvalue weighted by Gasteiger charge is -2.29. The van der Waals surface area contributed by atoms with Crippen molar-refractivity contribution in [3.05, 3.63) is 18.7 Å². The van der Waals surface area contributed by atoms with Gasteiger partial charge in [-0.3, -0.25) is 0 Å². The number of fused-ring (bicyclic) bond motifs is 7. The Balaban J connectivity index is 1.36. The van der Waals surface area contributed by atoms with Crippen molar-refractivity contribution in [3.63, 3.8) is 0 Å². The van der Waals surface area contributed by atoms with Gasteiger partial charge in [0.2, 0.25) is 0 Å². The Bertz CT molecular complexity index is 1650. The first-order chi connectivity index (χ1) is 30.0. The monoisotopic (exact) mass is 1050 g/mol. The first kappa shape index (κ1) is 52.5. The van der Waals surface area contributed by atoms with Crippen molar-refractivity contribution in [1.29, 1.82) is 0 Å². The summed E-state index contributed by atoms with van der Waals surface area (Å²) in [5, 5.41) is 3.84. The molecule has 1 aliphatic rings. The third kappa shape index (κ3) is 15.3. The van der Waals surface area contributed by atoms with E-state index in [4.69, 9.17) is 0 Å². The molecule has 5 rings (SSSR count). The average Bonchev–Trinajstić information content (AvgIpc) is 4.02. The highest BCUT2D eigenvalue weighted by Crippen LogP contribution is 2.54. The number of thiophene rings is 4. The van der Waals surface area contributed by atoms with Crippen molar-refractivity contribution in [3.8, 4) is 9.75 Å². The van der Waals surface area contributed by atoms with E-state index in [9.17, 15) is 0 Å². The van der Waals surface area contributed by atoms with Crippen LogP contribution in [0.15, 0.2) is 7.57 Å². The summed E-state index contributed by atoms with van der Waals surface area (Å²) >= 11 is 17.2. The summed E-state index contributed by atoms with van der Waals surface area (Å²) in [5.74, 6) is 0. The van der Waals surface area contributed by atoms with E-state index in [2.05, 4.69) is 105 Å². The van der Waals surface area contributed by atoms with Gasteiger partial charge in [0, 0.05) is 28.6 Å². The molecule has 0 N–H and O–H groups in total. The lowest BCUT2D eigenvalue weighted by Crippen LogP contribution is -2.54. The smallest absolute Gasteiger partial charge is 0.125 e. The van der Waals surface area contributed by atoms with Crippen LogP contribution in [-0.2, 0) is 12.8 Å². The molecular weight excluding hydrogens is 965 g/mol. The quantitative estimate of drug-likeness (QED) is 0.0310. The maximum atomic E-state index is 4.22. The lowest BCUT2D eigenvalue weighted by molar-refractivity contribution is 0.550. The van der Waals surface area contributed by atoms with E-state index in [0.29, 0.717) is 0 Å². The molecule has 0 saturated heterocycles. The maximum absolute atomic E-state index is 4.22. The molecule has 0 aromatic carbocycles. The normalized spacial score (nSPS) is 13.4. The molecule has 7 heteroatoms. The Hall–Kier alpha value is 0.497. The van der Waals surface area contributed by atoms with Crippen LogP contribution in [0.1, 0.15) is 257 Å². The number of unbranched alkanes of at least 4 members (excludes halogenated alkanes) is 30. The van der Waals surface area contributed by atoms with Crippen molar-refractivity contribution in [2.24, 2.45) is 0 Å². The minimum absolute atomic E-state index is 1.25. The van der Waals surface area contributed by atoms with Crippen LogP contribution >= 0.6 is 77.2 Å². The predicted molar refractivity (Wildman–Crippen MR) is 296 cm³/mol. The Labute approximate surface area is 410 Å². The number of hydrogen-bond donors (Lipinski definition) is 0. The third-order valence-electron chi connectivity index (χ3n) is 14.3. The molecule has 0 saturated carbocycles. The summed E-state index contributed by atoms with van der Waals surface area (Å²) in [6, 6.07) is 2.94. The molecule has 4 aromatic heterocycles. The number of rotatable bonds is 38. The van der Waals surface area contributed by atoms with Crippen molar-refractivity contribution in [1.82, 2.24) is 0 Å². The molecule has 0 amide bonds. The molecule has 4 aromatic rings. The van der Waals surface area contributed by atoms with Crippen LogP contribution in [0.25, 0.3) is 28.6 Å². The molecule has 0 atom stereocenters.